The van der Waals surface area contributed by atoms with Crippen molar-refractivity contribution in [2.45, 2.75) is 0 Å². The summed E-state index contributed by atoms with van der Waals surface area (Å²) in [6, 6.07) is 2.77. The Labute approximate surface area is 108 Å². The van der Waals surface area contributed by atoms with E-state index in [0.29, 0.717) is 16.9 Å². The van der Waals surface area contributed by atoms with Crippen molar-refractivity contribution in [1.82, 2.24) is 4.98 Å². The van der Waals surface area contributed by atoms with Gasteiger partial charge in [-0.05, 0) is 35.6 Å². The Balaban J connectivity index is 0.00000108. The van der Waals surface area contributed by atoms with Crippen LogP contribution in [0, 0.1) is 5.82 Å². The number of nitrogens with zero attached hydrogens (tertiary/aromatic N) is 1. The van der Waals surface area contributed by atoms with Gasteiger partial charge in [-0.2, -0.15) is 0 Å². The second-order valence-corrected chi connectivity index (χ2v) is 4.17. The van der Waals surface area contributed by atoms with Crippen LogP contribution in [-0.4, -0.2) is 4.98 Å². The summed E-state index contributed by atoms with van der Waals surface area (Å²) in [5.74, 6) is -0.323. The third kappa shape index (κ3) is 1.81. The van der Waals surface area contributed by atoms with Crippen molar-refractivity contribution in [2.75, 3.05) is 10.5 Å². The minimum atomic E-state index is -0.323. The molecule has 0 saturated heterocycles. The van der Waals surface area contributed by atoms with Crippen LogP contribution in [0.5, 0.6) is 0 Å². The summed E-state index contributed by atoms with van der Waals surface area (Å²) in [7, 11) is 0. The average molecular weight is 270 g/mol. The van der Waals surface area contributed by atoms with Crippen LogP contribution >= 0.6 is 24.4 Å². The second-order valence-electron chi connectivity index (χ2n) is 3.46. The molecule has 3 N–H and O–H groups in total. The second kappa shape index (κ2) is 4.43. The van der Waals surface area contributed by atoms with Crippen LogP contribution in [0.1, 0.15) is 5.56 Å². The highest BCUT2D eigenvalue weighted by Crippen LogP contribution is 2.45. The molecule has 0 unspecified atom stereocenters. The van der Waals surface area contributed by atoms with Crippen molar-refractivity contribution < 1.29 is 4.39 Å². The molecule has 0 amide bonds. The predicted octanol–water partition coefficient (Wildman–Crippen LogP) is 3.37. The van der Waals surface area contributed by atoms with E-state index < -0.39 is 0 Å². The van der Waals surface area contributed by atoms with E-state index in [4.69, 9.17) is 5.73 Å². The van der Waals surface area contributed by atoms with E-state index in [0.717, 1.165) is 11.3 Å². The van der Waals surface area contributed by atoms with E-state index in [1.807, 2.05) is 11.5 Å². The summed E-state index contributed by atoms with van der Waals surface area (Å²) in [5, 5.41) is 1.90. The van der Waals surface area contributed by atoms with Crippen molar-refractivity contribution in [3.05, 3.63) is 35.1 Å². The number of aromatic nitrogens is 1. The molecule has 88 valence electrons. The molecule has 0 aromatic heterocycles. The van der Waals surface area contributed by atoms with Gasteiger partial charge in [0.05, 0.1) is 17.1 Å². The maximum atomic E-state index is 13.3. The molecule has 0 aromatic rings. The lowest BCUT2D eigenvalue weighted by atomic mass is 10.2. The highest BCUT2D eigenvalue weighted by Gasteiger charge is 2.22. The van der Waals surface area contributed by atoms with Crippen molar-refractivity contribution in [2.24, 2.45) is 0 Å². The summed E-state index contributed by atoms with van der Waals surface area (Å²) in [6.07, 6.45) is 3.34. The molecule has 0 fully saturated rings. The number of hydrogen-bond donors (Lipinski definition) is 2. The van der Waals surface area contributed by atoms with Gasteiger partial charge in [0.25, 0.3) is 0 Å². The van der Waals surface area contributed by atoms with E-state index in [2.05, 4.69) is 9.71 Å². The fourth-order valence-electron chi connectivity index (χ4n) is 1.80. The van der Waals surface area contributed by atoms with Gasteiger partial charge in [0.15, 0.2) is 0 Å². The van der Waals surface area contributed by atoms with Gasteiger partial charge < -0.3 is 10.5 Å². The molecule has 3 nitrogen and oxygen atoms in total. The van der Waals surface area contributed by atoms with Crippen LogP contribution in [0.15, 0.2) is 23.7 Å². The normalized spacial score (nSPS) is 12.8. The number of hydrogen-bond acceptors (Lipinski definition) is 4. The van der Waals surface area contributed by atoms with E-state index in [1.165, 1.54) is 30.3 Å². The number of anilines is 2. The van der Waals surface area contributed by atoms with Gasteiger partial charge in [-0.1, -0.05) is 0 Å². The summed E-state index contributed by atoms with van der Waals surface area (Å²) < 4.78 is 16.4. The number of nitrogens with two attached hydrogens (primary N) is 1. The molecule has 0 radical (unpaired) electrons. The van der Waals surface area contributed by atoms with Crippen LogP contribution in [0.3, 0.4) is 0 Å². The molecule has 2 heterocycles. The van der Waals surface area contributed by atoms with Crippen molar-refractivity contribution in [3.63, 3.8) is 0 Å². The topological polar surface area (TPSA) is 50.9 Å². The number of nitrogens with one attached hydrogen (secondary N) is 1. The van der Waals surface area contributed by atoms with Crippen molar-refractivity contribution in [3.8, 4) is 11.3 Å². The zero-order valence-electron chi connectivity index (χ0n) is 8.61. The molecular formula is C11H9ClFN3S. The summed E-state index contributed by atoms with van der Waals surface area (Å²) in [5.41, 5.74) is 9.63. The molecule has 0 spiro atoms. The molecule has 0 bridgehead atoms. The first-order chi connectivity index (χ1) is 7.77. The van der Waals surface area contributed by atoms with E-state index in [9.17, 15) is 4.39 Å². The zero-order chi connectivity index (χ0) is 11.1. The molecule has 0 aromatic carbocycles. The lowest BCUT2D eigenvalue weighted by Gasteiger charge is -2.08. The number of halogens is 2. The Bertz CT molecular complexity index is 573. The van der Waals surface area contributed by atoms with Gasteiger partial charge in [0, 0.05) is 17.3 Å². The summed E-state index contributed by atoms with van der Waals surface area (Å²) in [4.78, 5) is 4.16. The van der Waals surface area contributed by atoms with Gasteiger partial charge in [0.1, 0.15) is 5.82 Å². The van der Waals surface area contributed by atoms with Crippen LogP contribution in [0.25, 0.3) is 17.3 Å². The van der Waals surface area contributed by atoms with E-state index >= 15 is 0 Å². The molecular weight excluding hydrogens is 261 g/mol. The van der Waals surface area contributed by atoms with Crippen LogP contribution < -0.4 is 10.5 Å². The molecule has 3 rings (SSSR count). The maximum Gasteiger partial charge on any atom is 0.125 e. The van der Waals surface area contributed by atoms with Gasteiger partial charge in [-0.25, -0.2) is 4.39 Å². The maximum absolute atomic E-state index is 13.3. The summed E-state index contributed by atoms with van der Waals surface area (Å²) >= 11 is 1.43. The highest BCUT2D eigenvalue weighted by molar-refractivity contribution is 8.03. The average Bonchev–Trinajstić information content (AvgIpc) is 2.47. The smallest absolute Gasteiger partial charge is 0.125 e. The molecule has 0 saturated carbocycles. The Morgan fingerprint density at radius 3 is 3.06 bits per heavy atom. The van der Waals surface area contributed by atoms with Crippen molar-refractivity contribution >= 4 is 41.8 Å². The lowest BCUT2D eigenvalue weighted by molar-refractivity contribution is 0.629. The molecule has 17 heavy (non-hydrogen) atoms. The summed E-state index contributed by atoms with van der Waals surface area (Å²) in [6.45, 7) is 0. The SMILES string of the molecule is Cl.Nc1c2nccc(F)cc-2c2c1C=CSN2. The van der Waals surface area contributed by atoms with E-state index in [1.54, 1.807) is 0 Å². The zero-order valence-corrected chi connectivity index (χ0v) is 10.2. The minimum absolute atomic E-state index is 0. The third-order valence-electron chi connectivity index (χ3n) is 2.52. The number of rotatable bonds is 0. The van der Waals surface area contributed by atoms with Gasteiger partial charge in [-0.15, -0.1) is 12.4 Å². The molecule has 6 heteroatoms. The first kappa shape index (κ1) is 12.0. The lowest BCUT2D eigenvalue weighted by Crippen LogP contribution is -1.91. The number of fused-ring (bicyclic) bond motifs is 3. The fraction of sp³-hybridized carbons (Fsp3) is 0. The molecule has 1 aliphatic carbocycles. The Hall–Kier alpha value is -1.46. The third-order valence-corrected chi connectivity index (χ3v) is 3.12. The van der Waals surface area contributed by atoms with Crippen LogP contribution in [0.2, 0.25) is 0 Å². The monoisotopic (exact) mass is 269 g/mol. The Morgan fingerprint density at radius 1 is 1.41 bits per heavy atom. The highest BCUT2D eigenvalue weighted by atomic mass is 35.5. The van der Waals surface area contributed by atoms with Gasteiger partial charge in [0.2, 0.25) is 0 Å². The minimum Gasteiger partial charge on any atom is -0.396 e. The standard InChI is InChI=1S/C11H8FN3S.ClH/c12-6-1-3-14-11-8(5-6)10-7(9(11)13)2-4-16-15-10;/h1-5,15H,13H2;1H. The van der Waals surface area contributed by atoms with Crippen LogP contribution in [-0.2, 0) is 0 Å². The molecule has 3 aliphatic rings. The quantitative estimate of drug-likeness (QED) is 0.720. The molecule has 2 aliphatic heterocycles. The van der Waals surface area contributed by atoms with E-state index in [-0.39, 0.29) is 18.2 Å². The van der Waals surface area contributed by atoms with Crippen LogP contribution in [0.4, 0.5) is 15.8 Å². The fourth-order valence-corrected chi connectivity index (χ4v) is 2.41. The van der Waals surface area contributed by atoms with Gasteiger partial charge in [-0.3, -0.25) is 4.98 Å². The Kier molecular flexibility index (Phi) is 3.13. The number of nitrogen functional groups attached to an aromatic ring is 1. The predicted molar refractivity (Wildman–Crippen MR) is 72.7 cm³/mol. The first-order valence-corrected chi connectivity index (χ1v) is 5.60. The Morgan fingerprint density at radius 2 is 2.24 bits per heavy atom. The van der Waals surface area contributed by atoms with Gasteiger partial charge >= 0.3 is 0 Å². The first-order valence-electron chi connectivity index (χ1n) is 4.72. The van der Waals surface area contributed by atoms with Crippen molar-refractivity contribution in [1.29, 1.82) is 0 Å². The largest absolute Gasteiger partial charge is 0.396 e. The molecule has 0 atom stereocenters.